The molecular formula is C11H15Cl2N3O3S. The molecule has 0 aromatic heterocycles. The zero-order valence-electron chi connectivity index (χ0n) is 11.0. The number of rotatable bonds is 5. The second-order valence-electron chi connectivity index (χ2n) is 4.02. The summed E-state index contributed by atoms with van der Waals surface area (Å²) in [4.78, 5) is 11.2. The van der Waals surface area contributed by atoms with Gasteiger partial charge in [0.2, 0.25) is 15.9 Å². The van der Waals surface area contributed by atoms with Crippen LogP contribution in [0.25, 0.3) is 0 Å². The SMILES string of the molecule is CCNC(=O)CN(C)S(=O)(=O)c1c(N)cc(Cl)cc1Cl. The lowest BCUT2D eigenvalue weighted by Gasteiger charge is -2.18. The Balaban J connectivity index is 3.14. The number of likely N-dealkylation sites (N-methyl/N-ethyl adjacent to an activating group) is 2. The highest BCUT2D eigenvalue weighted by Gasteiger charge is 2.28. The smallest absolute Gasteiger partial charge is 0.246 e. The van der Waals surface area contributed by atoms with Crippen molar-refractivity contribution in [3.05, 3.63) is 22.2 Å². The lowest BCUT2D eigenvalue weighted by Crippen LogP contribution is -2.38. The number of nitrogens with one attached hydrogen (secondary N) is 1. The lowest BCUT2D eigenvalue weighted by atomic mass is 10.3. The maximum absolute atomic E-state index is 12.4. The van der Waals surface area contributed by atoms with E-state index in [0.717, 1.165) is 4.31 Å². The average Bonchev–Trinajstić information content (AvgIpc) is 2.26. The van der Waals surface area contributed by atoms with Gasteiger partial charge in [-0.25, -0.2) is 8.42 Å². The predicted molar refractivity (Wildman–Crippen MR) is 79.4 cm³/mol. The maximum Gasteiger partial charge on any atom is 0.246 e. The quantitative estimate of drug-likeness (QED) is 0.791. The van der Waals surface area contributed by atoms with Gasteiger partial charge < -0.3 is 11.1 Å². The van der Waals surface area contributed by atoms with Gasteiger partial charge in [0.25, 0.3) is 0 Å². The van der Waals surface area contributed by atoms with Crippen molar-refractivity contribution in [2.75, 3.05) is 25.9 Å². The minimum atomic E-state index is -3.97. The molecule has 0 heterocycles. The van der Waals surface area contributed by atoms with Crippen LogP contribution < -0.4 is 11.1 Å². The van der Waals surface area contributed by atoms with Crippen LogP contribution in [-0.2, 0) is 14.8 Å². The first-order valence-electron chi connectivity index (χ1n) is 5.67. The van der Waals surface area contributed by atoms with E-state index in [4.69, 9.17) is 28.9 Å². The second-order valence-corrected chi connectivity index (χ2v) is 6.85. The summed E-state index contributed by atoms with van der Waals surface area (Å²) >= 11 is 11.6. The van der Waals surface area contributed by atoms with Crippen LogP contribution in [-0.4, -0.2) is 38.8 Å². The molecule has 3 N–H and O–H groups in total. The van der Waals surface area contributed by atoms with Gasteiger partial charge in [0, 0.05) is 18.6 Å². The van der Waals surface area contributed by atoms with Gasteiger partial charge in [-0.1, -0.05) is 23.2 Å². The molecule has 0 aliphatic rings. The number of nitrogens with zero attached hydrogens (tertiary/aromatic N) is 1. The third-order valence-electron chi connectivity index (χ3n) is 2.45. The number of amides is 1. The number of benzene rings is 1. The first-order chi connectivity index (χ1) is 9.20. The Labute approximate surface area is 127 Å². The highest BCUT2D eigenvalue weighted by Crippen LogP contribution is 2.32. The summed E-state index contributed by atoms with van der Waals surface area (Å²) in [5.74, 6) is -0.415. The Morgan fingerprint density at radius 3 is 2.50 bits per heavy atom. The topological polar surface area (TPSA) is 92.5 Å². The normalized spacial score (nSPS) is 11.7. The molecule has 0 saturated heterocycles. The Kier molecular flexibility index (Phi) is 5.64. The minimum absolute atomic E-state index is 0.0646. The molecule has 1 rings (SSSR count). The van der Waals surface area contributed by atoms with E-state index in [1.807, 2.05) is 0 Å². The summed E-state index contributed by atoms with van der Waals surface area (Å²) in [6, 6.07) is 2.58. The fraction of sp³-hybridized carbons (Fsp3) is 0.364. The maximum atomic E-state index is 12.4. The largest absolute Gasteiger partial charge is 0.398 e. The van der Waals surface area contributed by atoms with E-state index >= 15 is 0 Å². The molecule has 0 saturated carbocycles. The van der Waals surface area contributed by atoms with Crippen LogP contribution >= 0.6 is 23.2 Å². The third kappa shape index (κ3) is 3.76. The molecule has 0 aliphatic carbocycles. The van der Waals surface area contributed by atoms with Crippen molar-refractivity contribution in [3.8, 4) is 0 Å². The summed E-state index contributed by atoms with van der Waals surface area (Å²) in [5, 5.41) is 2.66. The number of halogens is 2. The fourth-order valence-electron chi connectivity index (χ4n) is 1.55. The van der Waals surface area contributed by atoms with Crippen molar-refractivity contribution in [1.82, 2.24) is 9.62 Å². The third-order valence-corrected chi connectivity index (χ3v) is 5.00. The Bertz CT molecular complexity index is 596. The molecule has 0 spiro atoms. The highest BCUT2D eigenvalue weighted by atomic mass is 35.5. The van der Waals surface area contributed by atoms with Gasteiger partial charge in [0.1, 0.15) is 4.90 Å². The molecule has 1 aromatic carbocycles. The molecule has 20 heavy (non-hydrogen) atoms. The Morgan fingerprint density at radius 2 is 2.00 bits per heavy atom. The molecule has 0 bridgehead atoms. The van der Waals surface area contributed by atoms with Gasteiger partial charge in [-0.3, -0.25) is 4.79 Å². The molecule has 0 unspecified atom stereocenters. The van der Waals surface area contributed by atoms with Gasteiger partial charge in [-0.05, 0) is 19.1 Å². The zero-order valence-corrected chi connectivity index (χ0v) is 13.3. The van der Waals surface area contributed by atoms with Crippen molar-refractivity contribution in [1.29, 1.82) is 0 Å². The number of sulfonamides is 1. The van der Waals surface area contributed by atoms with Crippen LogP contribution in [0.4, 0.5) is 5.69 Å². The van der Waals surface area contributed by atoms with E-state index in [1.165, 1.54) is 19.2 Å². The van der Waals surface area contributed by atoms with Crippen LogP contribution in [0.2, 0.25) is 10.0 Å². The molecule has 0 radical (unpaired) electrons. The van der Waals surface area contributed by atoms with Gasteiger partial charge in [-0.2, -0.15) is 4.31 Å². The molecule has 6 nitrogen and oxygen atoms in total. The molecular weight excluding hydrogens is 325 g/mol. The van der Waals surface area contributed by atoms with E-state index in [-0.39, 0.29) is 27.2 Å². The van der Waals surface area contributed by atoms with Gasteiger partial charge in [0.05, 0.1) is 17.3 Å². The summed E-state index contributed by atoms with van der Waals surface area (Å²) in [5.41, 5.74) is 5.60. The van der Waals surface area contributed by atoms with Crippen LogP contribution in [0, 0.1) is 0 Å². The van der Waals surface area contributed by atoms with Crippen molar-refractivity contribution in [2.24, 2.45) is 0 Å². The van der Waals surface area contributed by atoms with Crippen molar-refractivity contribution < 1.29 is 13.2 Å². The molecule has 0 fully saturated rings. The highest BCUT2D eigenvalue weighted by molar-refractivity contribution is 7.89. The fourth-order valence-corrected chi connectivity index (χ4v) is 3.61. The van der Waals surface area contributed by atoms with Crippen LogP contribution in [0.3, 0.4) is 0 Å². The number of nitrogen functional groups attached to an aromatic ring is 1. The number of carbonyl (C=O) groups excluding carboxylic acids is 1. The Morgan fingerprint density at radius 1 is 1.40 bits per heavy atom. The zero-order chi connectivity index (χ0) is 15.5. The molecule has 112 valence electrons. The van der Waals surface area contributed by atoms with Crippen molar-refractivity contribution in [2.45, 2.75) is 11.8 Å². The number of nitrogens with two attached hydrogens (primary N) is 1. The van der Waals surface area contributed by atoms with E-state index < -0.39 is 15.9 Å². The number of anilines is 1. The number of hydrogen-bond acceptors (Lipinski definition) is 4. The van der Waals surface area contributed by atoms with E-state index in [1.54, 1.807) is 6.92 Å². The molecule has 0 aliphatic heterocycles. The van der Waals surface area contributed by atoms with E-state index in [9.17, 15) is 13.2 Å². The summed E-state index contributed by atoms with van der Waals surface area (Å²) < 4.78 is 25.6. The predicted octanol–water partition coefficient (Wildman–Crippen LogP) is 1.33. The lowest BCUT2D eigenvalue weighted by molar-refractivity contribution is -0.121. The first-order valence-corrected chi connectivity index (χ1v) is 7.87. The molecule has 0 atom stereocenters. The van der Waals surface area contributed by atoms with Gasteiger partial charge in [0.15, 0.2) is 0 Å². The summed E-state index contributed by atoms with van der Waals surface area (Å²) in [7, 11) is -2.70. The van der Waals surface area contributed by atoms with E-state index in [2.05, 4.69) is 5.32 Å². The molecule has 9 heteroatoms. The van der Waals surface area contributed by atoms with Crippen molar-refractivity contribution >= 4 is 44.8 Å². The van der Waals surface area contributed by atoms with Gasteiger partial charge >= 0.3 is 0 Å². The molecule has 1 amide bonds. The standard InChI is InChI=1S/C11H15Cl2N3O3S/c1-3-15-10(17)6-16(2)20(18,19)11-8(13)4-7(12)5-9(11)14/h4-5H,3,6,14H2,1-2H3,(H,15,17). The van der Waals surface area contributed by atoms with Gasteiger partial charge in [-0.15, -0.1) is 0 Å². The summed E-state index contributed by atoms with van der Waals surface area (Å²) in [6.07, 6.45) is 0. The van der Waals surface area contributed by atoms with Crippen LogP contribution in [0.15, 0.2) is 17.0 Å². The average molecular weight is 340 g/mol. The summed E-state index contributed by atoms with van der Waals surface area (Å²) in [6.45, 7) is 1.82. The second kappa shape index (κ2) is 6.62. The number of hydrogen-bond donors (Lipinski definition) is 2. The van der Waals surface area contributed by atoms with Crippen LogP contribution in [0.1, 0.15) is 6.92 Å². The van der Waals surface area contributed by atoms with E-state index in [0.29, 0.717) is 6.54 Å². The molecule has 1 aromatic rings. The minimum Gasteiger partial charge on any atom is -0.398 e. The number of carbonyl (C=O) groups is 1. The first kappa shape index (κ1) is 17.0. The Hall–Kier alpha value is -1.02. The van der Waals surface area contributed by atoms with Crippen molar-refractivity contribution in [3.63, 3.8) is 0 Å². The monoisotopic (exact) mass is 339 g/mol. The van der Waals surface area contributed by atoms with Crippen LogP contribution in [0.5, 0.6) is 0 Å².